The smallest absolute Gasteiger partial charge is 0.408 e. The van der Waals surface area contributed by atoms with E-state index in [-0.39, 0.29) is 13.0 Å². The van der Waals surface area contributed by atoms with Crippen molar-refractivity contribution in [2.45, 2.75) is 19.1 Å². The Morgan fingerprint density at radius 1 is 1.00 bits per heavy atom. The molecule has 0 aliphatic carbocycles. The zero-order valence-corrected chi connectivity index (χ0v) is 17.4. The Hall–Kier alpha value is -2.44. The lowest BCUT2D eigenvalue weighted by Gasteiger charge is -2.24. The van der Waals surface area contributed by atoms with E-state index < -0.39 is 18.1 Å². The van der Waals surface area contributed by atoms with Crippen LogP contribution < -0.4 is 10.2 Å². The van der Waals surface area contributed by atoms with E-state index in [2.05, 4.69) is 5.32 Å². The number of carboxylic acid groups (broad SMARTS) is 1. The maximum Gasteiger partial charge on any atom is 0.408 e. The van der Waals surface area contributed by atoms with Crippen molar-refractivity contribution in [1.82, 2.24) is 5.32 Å². The lowest BCUT2D eigenvalue weighted by Crippen LogP contribution is -2.42. The van der Waals surface area contributed by atoms with Crippen molar-refractivity contribution in [3.63, 3.8) is 0 Å². The number of alkyl carbamates (subject to hydrolysis) is 1. The summed E-state index contributed by atoms with van der Waals surface area (Å²) in [4.78, 5) is 25.7. The fourth-order valence-corrected chi connectivity index (χ4v) is 3.21. The lowest BCUT2D eigenvalue weighted by atomic mass is 10.0. The number of aliphatic carboxylic acids is 1. The highest BCUT2D eigenvalue weighted by Crippen LogP contribution is 2.18. The lowest BCUT2D eigenvalue weighted by molar-refractivity contribution is -0.139. The molecule has 0 bridgehead atoms. The highest BCUT2D eigenvalue weighted by Gasteiger charge is 2.21. The largest absolute Gasteiger partial charge is 0.480 e. The molecule has 8 heteroatoms. The number of nitrogens with one attached hydrogen (secondary N) is 1. The van der Waals surface area contributed by atoms with Crippen molar-refractivity contribution in [2.75, 3.05) is 29.7 Å². The van der Waals surface area contributed by atoms with Crippen LogP contribution in [0, 0.1) is 0 Å². The molecule has 29 heavy (non-hydrogen) atoms. The molecule has 2 aromatic rings. The summed E-state index contributed by atoms with van der Waals surface area (Å²) in [5, 5.41) is 11.9. The fourth-order valence-electron chi connectivity index (χ4n) is 2.80. The Balaban J connectivity index is 1.99. The third-order valence-corrected chi connectivity index (χ3v) is 4.57. The predicted molar refractivity (Wildman–Crippen MR) is 115 cm³/mol. The number of hydrogen-bond acceptors (Lipinski definition) is 4. The quantitative estimate of drug-likeness (QED) is 0.520. The van der Waals surface area contributed by atoms with Gasteiger partial charge >= 0.3 is 12.1 Å². The van der Waals surface area contributed by atoms with Gasteiger partial charge in [-0.15, -0.1) is 23.2 Å². The number of anilines is 1. The molecule has 0 aromatic heterocycles. The second kappa shape index (κ2) is 12.2. The Labute approximate surface area is 180 Å². The molecule has 0 saturated heterocycles. The zero-order valence-electron chi connectivity index (χ0n) is 15.9. The standard InChI is InChI=1S/C21H24Cl2N2O4/c22-9-11-25(12-10-23)18-8-4-7-17(13-18)14-19(20(26)27)24-21(28)29-15-16-5-2-1-3-6-16/h1-8,13,19H,9-12,14-15H2,(H,24,28)(H,26,27)/t19-/m0/s1. The topological polar surface area (TPSA) is 78.9 Å². The molecule has 0 saturated carbocycles. The van der Waals surface area contributed by atoms with Crippen LogP contribution in [0.5, 0.6) is 0 Å². The van der Waals surface area contributed by atoms with Crippen LogP contribution in [0.3, 0.4) is 0 Å². The first kappa shape index (κ1) is 22.8. The second-order valence-electron chi connectivity index (χ2n) is 6.34. The number of ether oxygens (including phenoxy) is 1. The summed E-state index contributed by atoms with van der Waals surface area (Å²) in [7, 11) is 0. The average Bonchev–Trinajstić information content (AvgIpc) is 2.72. The highest BCUT2D eigenvalue weighted by atomic mass is 35.5. The Bertz CT molecular complexity index is 783. The third-order valence-electron chi connectivity index (χ3n) is 4.23. The summed E-state index contributed by atoms with van der Waals surface area (Å²) in [5.74, 6) is -0.230. The minimum atomic E-state index is -1.13. The van der Waals surface area contributed by atoms with E-state index in [0.29, 0.717) is 24.8 Å². The molecule has 156 valence electrons. The van der Waals surface area contributed by atoms with Gasteiger partial charge in [0.05, 0.1) is 0 Å². The maximum absolute atomic E-state index is 12.0. The van der Waals surface area contributed by atoms with Gasteiger partial charge in [0, 0.05) is 37.0 Å². The molecule has 0 radical (unpaired) electrons. The predicted octanol–water partition coefficient (Wildman–Crippen LogP) is 3.89. The van der Waals surface area contributed by atoms with E-state index in [1.807, 2.05) is 59.5 Å². The van der Waals surface area contributed by atoms with Gasteiger partial charge in [0.15, 0.2) is 0 Å². The molecule has 2 rings (SSSR count). The van der Waals surface area contributed by atoms with E-state index in [9.17, 15) is 14.7 Å². The van der Waals surface area contributed by atoms with Gasteiger partial charge in [0.1, 0.15) is 12.6 Å². The molecule has 2 aromatic carbocycles. The van der Waals surface area contributed by atoms with Crippen molar-refractivity contribution >= 4 is 41.0 Å². The molecule has 0 aliphatic rings. The minimum absolute atomic E-state index is 0.0698. The molecule has 2 N–H and O–H groups in total. The maximum atomic E-state index is 12.0. The molecule has 6 nitrogen and oxygen atoms in total. The van der Waals surface area contributed by atoms with E-state index in [1.165, 1.54) is 0 Å². The van der Waals surface area contributed by atoms with Crippen LogP contribution >= 0.6 is 23.2 Å². The number of amides is 1. The van der Waals surface area contributed by atoms with Gasteiger partial charge in [-0.1, -0.05) is 42.5 Å². The van der Waals surface area contributed by atoms with Crippen molar-refractivity contribution in [2.24, 2.45) is 0 Å². The number of carbonyl (C=O) groups is 2. The third kappa shape index (κ3) is 7.83. The second-order valence-corrected chi connectivity index (χ2v) is 7.09. The summed E-state index contributed by atoms with van der Waals surface area (Å²) >= 11 is 11.7. The number of carbonyl (C=O) groups excluding carboxylic acids is 1. The van der Waals surface area contributed by atoms with Gasteiger partial charge in [-0.05, 0) is 23.3 Å². The van der Waals surface area contributed by atoms with Crippen molar-refractivity contribution < 1.29 is 19.4 Å². The van der Waals surface area contributed by atoms with Gasteiger partial charge in [0.25, 0.3) is 0 Å². The molecule has 0 fully saturated rings. The van der Waals surface area contributed by atoms with E-state index in [4.69, 9.17) is 27.9 Å². The fraction of sp³-hybridized carbons (Fsp3) is 0.333. The number of benzene rings is 2. The van der Waals surface area contributed by atoms with Gasteiger partial charge in [-0.25, -0.2) is 9.59 Å². The van der Waals surface area contributed by atoms with Gasteiger partial charge in [-0.2, -0.15) is 0 Å². The molecular weight excluding hydrogens is 415 g/mol. The molecule has 0 spiro atoms. The monoisotopic (exact) mass is 438 g/mol. The summed E-state index contributed by atoms with van der Waals surface area (Å²) in [6.07, 6.45) is -0.651. The van der Waals surface area contributed by atoms with Crippen molar-refractivity contribution in [3.05, 3.63) is 65.7 Å². The summed E-state index contributed by atoms with van der Waals surface area (Å²) < 4.78 is 5.12. The van der Waals surface area contributed by atoms with Crippen LogP contribution in [0.25, 0.3) is 0 Å². The van der Waals surface area contributed by atoms with E-state index >= 15 is 0 Å². The van der Waals surface area contributed by atoms with Crippen LogP contribution in [-0.4, -0.2) is 48.1 Å². The molecule has 1 amide bonds. The van der Waals surface area contributed by atoms with Crippen LogP contribution in [0.15, 0.2) is 54.6 Å². The highest BCUT2D eigenvalue weighted by molar-refractivity contribution is 6.18. The van der Waals surface area contributed by atoms with Crippen molar-refractivity contribution in [1.29, 1.82) is 0 Å². The number of nitrogens with zero attached hydrogens (tertiary/aromatic N) is 1. The normalized spacial score (nSPS) is 11.5. The number of halogens is 2. The first-order chi connectivity index (χ1) is 14.0. The Morgan fingerprint density at radius 3 is 2.28 bits per heavy atom. The minimum Gasteiger partial charge on any atom is -0.480 e. The number of hydrogen-bond donors (Lipinski definition) is 2. The van der Waals surface area contributed by atoms with Gasteiger partial charge < -0.3 is 20.1 Å². The number of alkyl halides is 2. The zero-order chi connectivity index (χ0) is 21.1. The Kier molecular flexibility index (Phi) is 9.60. The molecule has 0 aliphatic heterocycles. The number of carboxylic acids is 1. The van der Waals surface area contributed by atoms with Gasteiger partial charge in [0.2, 0.25) is 0 Å². The number of rotatable bonds is 11. The van der Waals surface area contributed by atoms with Crippen molar-refractivity contribution in [3.8, 4) is 0 Å². The first-order valence-electron chi connectivity index (χ1n) is 9.19. The molecule has 0 heterocycles. The SMILES string of the molecule is O=C(N[C@@H](Cc1cccc(N(CCCl)CCCl)c1)C(=O)O)OCc1ccccc1. The van der Waals surface area contributed by atoms with E-state index in [0.717, 1.165) is 16.8 Å². The summed E-state index contributed by atoms with van der Waals surface area (Å²) in [5.41, 5.74) is 2.49. The van der Waals surface area contributed by atoms with Crippen LogP contribution in [-0.2, 0) is 22.6 Å². The first-order valence-corrected chi connectivity index (χ1v) is 10.3. The Morgan fingerprint density at radius 2 is 1.66 bits per heavy atom. The molecule has 1 atom stereocenters. The molecular formula is C21H24Cl2N2O4. The van der Waals surface area contributed by atoms with E-state index in [1.54, 1.807) is 0 Å². The summed E-state index contributed by atoms with van der Waals surface area (Å²) in [6.45, 7) is 1.33. The van der Waals surface area contributed by atoms with Crippen LogP contribution in [0.1, 0.15) is 11.1 Å². The molecule has 0 unspecified atom stereocenters. The van der Waals surface area contributed by atoms with Crippen LogP contribution in [0.2, 0.25) is 0 Å². The average molecular weight is 439 g/mol. The summed E-state index contributed by atoms with van der Waals surface area (Å²) in [6, 6.07) is 15.5. The van der Waals surface area contributed by atoms with Gasteiger partial charge in [-0.3, -0.25) is 0 Å². The van der Waals surface area contributed by atoms with Crippen LogP contribution in [0.4, 0.5) is 10.5 Å².